The van der Waals surface area contributed by atoms with Crippen molar-refractivity contribution >= 4 is 16.2 Å². The third-order valence-corrected chi connectivity index (χ3v) is 4.45. The van der Waals surface area contributed by atoms with E-state index in [1.165, 1.54) is 0 Å². The number of halogens is 2. The average molecular weight is 315 g/mol. The molecule has 1 atom stereocenters. The lowest BCUT2D eigenvalue weighted by Gasteiger charge is -2.24. The minimum absolute atomic E-state index is 0.0903. The first-order valence-corrected chi connectivity index (χ1v) is 7.68. The normalized spacial score (nSPS) is 21.1. The summed E-state index contributed by atoms with van der Waals surface area (Å²) in [5.74, 6) is -3.99. The lowest BCUT2D eigenvalue weighted by atomic mass is 10.2. The van der Waals surface area contributed by atoms with E-state index in [0.717, 1.165) is 4.31 Å². The van der Waals surface area contributed by atoms with Crippen molar-refractivity contribution in [2.45, 2.75) is 31.7 Å². The number of nitrogens with zero attached hydrogens (tertiary/aromatic N) is 1. The van der Waals surface area contributed by atoms with Crippen molar-refractivity contribution in [3.8, 4) is 0 Å². The quantitative estimate of drug-likeness (QED) is 0.613. The fourth-order valence-electron chi connectivity index (χ4n) is 1.85. The molecule has 20 heavy (non-hydrogen) atoms. The summed E-state index contributed by atoms with van der Waals surface area (Å²) in [6, 6.07) is -0.959. The molecular formula is C10H19F2N3O4S. The van der Waals surface area contributed by atoms with E-state index in [4.69, 9.17) is 10.5 Å². The van der Waals surface area contributed by atoms with Crippen LogP contribution < -0.4 is 10.5 Å². The summed E-state index contributed by atoms with van der Waals surface area (Å²) in [5, 5.41) is 0. The summed E-state index contributed by atoms with van der Waals surface area (Å²) in [6.45, 7) is -0.241. The molecule has 1 aliphatic rings. The van der Waals surface area contributed by atoms with Crippen LogP contribution >= 0.6 is 0 Å². The summed E-state index contributed by atoms with van der Waals surface area (Å²) >= 11 is 0. The maximum atomic E-state index is 13.0. The summed E-state index contributed by atoms with van der Waals surface area (Å²) < 4.78 is 57.3. The molecule has 0 aromatic heterocycles. The largest absolute Gasteiger partial charge is 0.465 e. The Morgan fingerprint density at radius 2 is 2.20 bits per heavy atom. The molecule has 1 saturated heterocycles. The van der Waals surface area contributed by atoms with Gasteiger partial charge in [-0.25, -0.2) is 8.78 Å². The van der Waals surface area contributed by atoms with Gasteiger partial charge >= 0.3 is 5.97 Å². The third kappa shape index (κ3) is 4.33. The molecule has 1 heterocycles. The van der Waals surface area contributed by atoms with Crippen LogP contribution in [-0.4, -0.2) is 56.9 Å². The van der Waals surface area contributed by atoms with E-state index in [-0.39, 0.29) is 13.2 Å². The van der Waals surface area contributed by atoms with Crippen molar-refractivity contribution in [2.75, 3.05) is 26.2 Å². The zero-order chi connectivity index (χ0) is 15.4. The van der Waals surface area contributed by atoms with Gasteiger partial charge in [0.25, 0.3) is 16.1 Å². The standard InChI is InChI=1S/C10H19F2N3O4S/c1-2-19-9(16)8-4-3-5-15(8)20(17,18)14-7-10(11,12)6-13/h8,14H,2-7,13H2,1H3. The number of ether oxygens (including phenoxy) is 1. The molecule has 0 saturated carbocycles. The number of rotatable bonds is 7. The number of esters is 1. The molecule has 1 aliphatic heterocycles. The van der Waals surface area contributed by atoms with Gasteiger partial charge in [-0.3, -0.25) is 4.79 Å². The van der Waals surface area contributed by atoms with E-state index in [1.807, 2.05) is 0 Å². The van der Waals surface area contributed by atoms with E-state index < -0.39 is 41.2 Å². The number of nitrogens with two attached hydrogens (primary N) is 1. The predicted molar refractivity (Wildman–Crippen MR) is 67.3 cm³/mol. The fourth-order valence-corrected chi connectivity index (χ4v) is 3.31. The SMILES string of the molecule is CCOC(=O)C1CCCN1S(=O)(=O)NCC(F)(F)CN. The molecule has 1 unspecified atom stereocenters. The van der Waals surface area contributed by atoms with E-state index in [2.05, 4.69) is 0 Å². The number of carbonyl (C=O) groups is 1. The zero-order valence-electron chi connectivity index (χ0n) is 11.1. The van der Waals surface area contributed by atoms with Crippen LogP contribution in [0.1, 0.15) is 19.8 Å². The maximum absolute atomic E-state index is 13.0. The summed E-state index contributed by atoms with van der Waals surface area (Å²) in [4.78, 5) is 11.6. The Bertz CT molecular complexity index is 444. The van der Waals surface area contributed by atoms with E-state index >= 15 is 0 Å². The number of nitrogens with one attached hydrogen (secondary N) is 1. The molecule has 1 fully saturated rings. The van der Waals surface area contributed by atoms with Gasteiger partial charge in [0, 0.05) is 6.54 Å². The highest BCUT2D eigenvalue weighted by Crippen LogP contribution is 2.22. The van der Waals surface area contributed by atoms with Gasteiger partial charge in [0.2, 0.25) is 0 Å². The number of hydrogen-bond donors (Lipinski definition) is 2. The van der Waals surface area contributed by atoms with E-state index in [0.29, 0.717) is 12.8 Å². The monoisotopic (exact) mass is 315 g/mol. The molecule has 0 radical (unpaired) electrons. The lowest BCUT2D eigenvalue weighted by molar-refractivity contribution is -0.146. The highest BCUT2D eigenvalue weighted by molar-refractivity contribution is 7.87. The molecule has 0 amide bonds. The Balaban J connectivity index is 2.73. The Morgan fingerprint density at radius 3 is 2.75 bits per heavy atom. The molecule has 0 aromatic carbocycles. The van der Waals surface area contributed by atoms with Gasteiger partial charge in [-0.1, -0.05) is 0 Å². The van der Waals surface area contributed by atoms with Crippen molar-refractivity contribution in [1.82, 2.24) is 9.03 Å². The Kier molecular flexibility index (Phi) is 5.80. The van der Waals surface area contributed by atoms with Gasteiger partial charge in [0.1, 0.15) is 6.04 Å². The Morgan fingerprint density at radius 1 is 1.55 bits per heavy atom. The fraction of sp³-hybridized carbons (Fsp3) is 0.900. The molecule has 0 aromatic rings. The highest BCUT2D eigenvalue weighted by atomic mass is 32.2. The summed E-state index contributed by atoms with van der Waals surface area (Å²) in [7, 11) is -4.17. The van der Waals surface area contributed by atoms with Gasteiger partial charge in [0.15, 0.2) is 0 Å². The lowest BCUT2D eigenvalue weighted by Crippen LogP contribution is -2.50. The Hall–Kier alpha value is -0.840. The summed E-state index contributed by atoms with van der Waals surface area (Å²) in [6.07, 6.45) is 0.782. The molecule has 0 aliphatic carbocycles. The van der Waals surface area contributed by atoms with Gasteiger partial charge in [-0.05, 0) is 19.8 Å². The predicted octanol–water partition coefficient (Wildman–Crippen LogP) is -0.558. The Labute approximate surface area is 116 Å². The smallest absolute Gasteiger partial charge is 0.324 e. The number of hydrogen-bond acceptors (Lipinski definition) is 5. The van der Waals surface area contributed by atoms with Gasteiger partial charge < -0.3 is 10.5 Å². The topological polar surface area (TPSA) is 102 Å². The average Bonchev–Trinajstić information content (AvgIpc) is 2.87. The first-order chi connectivity index (χ1) is 9.23. The number of alkyl halides is 2. The van der Waals surface area contributed by atoms with Crippen LogP contribution in [0.3, 0.4) is 0 Å². The van der Waals surface area contributed by atoms with Crippen molar-refractivity contribution in [1.29, 1.82) is 0 Å². The molecule has 1 rings (SSSR count). The van der Waals surface area contributed by atoms with E-state index in [9.17, 15) is 22.0 Å². The van der Waals surface area contributed by atoms with Crippen LogP contribution in [0.25, 0.3) is 0 Å². The second kappa shape index (κ2) is 6.74. The van der Waals surface area contributed by atoms with Gasteiger partial charge in [0.05, 0.1) is 19.7 Å². The minimum atomic E-state index is -4.17. The molecule has 0 bridgehead atoms. The first-order valence-electron chi connectivity index (χ1n) is 6.24. The van der Waals surface area contributed by atoms with Gasteiger partial charge in [-0.15, -0.1) is 0 Å². The van der Waals surface area contributed by atoms with Crippen LogP contribution in [-0.2, 0) is 19.7 Å². The van der Waals surface area contributed by atoms with Crippen LogP contribution in [0.15, 0.2) is 0 Å². The molecule has 118 valence electrons. The second-order valence-electron chi connectivity index (χ2n) is 4.41. The van der Waals surface area contributed by atoms with Crippen molar-refractivity contribution in [2.24, 2.45) is 5.73 Å². The van der Waals surface area contributed by atoms with Crippen LogP contribution in [0.4, 0.5) is 8.78 Å². The van der Waals surface area contributed by atoms with Gasteiger partial charge in [-0.2, -0.15) is 17.4 Å². The second-order valence-corrected chi connectivity index (χ2v) is 6.11. The zero-order valence-corrected chi connectivity index (χ0v) is 12.0. The van der Waals surface area contributed by atoms with E-state index in [1.54, 1.807) is 11.6 Å². The van der Waals surface area contributed by atoms with Crippen LogP contribution in [0, 0.1) is 0 Å². The van der Waals surface area contributed by atoms with Crippen LogP contribution in [0.5, 0.6) is 0 Å². The maximum Gasteiger partial charge on any atom is 0.324 e. The van der Waals surface area contributed by atoms with Crippen molar-refractivity contribution < 1.29 is 26.7 Å². The molecule has 0 spiro atoms. The molecule has 3 N–H and O–H groups in total. The number of carbonyl (C=O) groups excluding carboxylic acids is 1. The first kappa shape index (κ1) is 17.2. The molecule has 7 nitrogen and oxygen atoms in total. The third-order valence-electron chi connectivity index (χ3n) is 2.88. The summed E-state index contributed by atoms with van der Waals surface area (Å²) in [5.41, 5.74) is 4.83. The minimum Gasteiger partial charge on any atom is -0.465 e. The van der Waals surface area contributed by atoms with Crippen LogP contribution in [0.2, 0.25) is 0 Å². The van der Waals surface area contributed by atoms with Crippen molar-refractivity contribution in [3.05, 3.63) is 0 Å². The molecule has 10 heteroatoms. The molecular weight excluding hydrogens is 296 g/mol. The van der Waals surface area contributed by atoms with Crippen molar-refractivity contribution in [3.63, 3.8) is 0 Å². The highest BCUT2D eigenvalue weighted by Gasteiger charge is 2.40.